The molecule has 2 nitrogen and oxygen atoms in total. The summed E-state index contributed by atoms with van der Waals surface area (Å²) in [7, 11) is 1.98. The largest absolute Gasteiger partial charge is 0.271 e. The Balaban J connectivity index is 2.27. The van der Waals surface area contributed by atoms with Crippen LogP contribution in [0.25, 0.3) is 0 Å². The Labute approximate surface area is 104 Å². The lowest BCUT2D eigenvalue weighted by Gasteiger charge is -2.20. The summed E-state index contributed by atoms with van der Waals surface area (Å²) in [4.78, 5) is 0.549. The van der Waals surface area contributed by atoms with E-state index < -0.39 is 0 Å². The van der Waals surface area contributed by atoms with Crippen LogP contribution in [-0.2, 0) is 7.05 Å². The molecule has 0 saturated heterocycles. The van der Waals surface area contributed by atoms with Crippen molar-refractivity contribution >= 4 is 27.5 Å². The molecule has 0 radical (unpaired) electrons. The molecule has 1 aromatic heterocycles. The van der Waals surface area contributed by atoms with E-state index in [4.69, 9.17) is 11.6 Å². The van der Waals surface area contributed by atoms with Gasteiger partial charge in [0.2, 0.25) is 0 Å². The van der Waals surface area contributed by atoms with Crippen molar-refractivity contribution in [1.29, 1.82) is 0 Å². The Morgan fingerprint density at radius 1 is 1.40 bits per heavy atom. The fourth-order valence-electron chi connectivity index (χ4n) is 2.41. The van der Waals surface area contributed by atoms with Crippen LogP contribution in [0.2, 0.25) is 5.02 Å². The number of halogens is 2. The Kier molecular flexibility index (Phi) is 3.73. The standard InChI is InChI=1S/C11H16BrClN2/c1-15-11(10(13)7-14-15)8-5-3-2-4-6-9(8)12/h7-9H,2-6H2,1H3. The van der Waals surface area contributed by atoms with Gasteiger partial charge in [0.25, 0.3) is 0 Å². The highest BCUT2D eigenvalue weighted by Crippen LogP contribution is 2.38. The summed E-state index contributed by atoms with van der Waals surface area (Å²) in [5.74, 6) is 0.521. The van der Waals surface area contributed by atoms with Gasteiger partial charge in [0, 0.05) is 17.8 Å². The fourth-order valence-corrected chi connectivity index (χ4v) is 3.55. The van der Waals surface area contributed by atoms with E-state index in [9.17, 15) is 0 Å². The quantitative estimate of drug-likeness (QED) is 0.567. The highest BCUT2D eigenvalue weighted by molar-refractivity contribution is 9.09. The maximum Gasteiger partial charge on any atom is 0.0821 e. The van der Waals surface area contributed by atoms with Gasteiger partial charge in [0.1, 0.15) is 0 Å². The molecule has 1 saturated carbocycles. The third kappa shape index (κ3) is 2.39. The van der Waals surface area contributed by atoms with Gasteiger partial charge >= 0.3 is 0 Å². The van der Waals surface area contributed by atoms with Gasteiger partial charge in [0.15, 0.2) is 0 Å². The van der Waals surface area contributed by atoms with Crippen molar-refractivity contribution in [3.8, 4) is 0 Å². The van der Waals surface area contributed by atoms with Crippen LogP contribution in [0.1, 0.15) is 43.7 Å². The molecule has 84 valence electrons. The first-order valence-corrected chi connectivity index (χ1v) is 6.81. The molecule has 1 aliphatic carbocycles. The van der Waals surface area contributed by atoms with Crippen LogP contribution in [0, 0.1) is 0 Å². The van der Waals surface area contributed by atoms with Crippen molar-refractivity contribution in [1.82, 2.24) is 9.78 Å². The van der Waals surface area contributed by atoms with E-state index in [-0.39, 0.29) is 0 Å². The van der Waals surface area contributed by atoms with E-state index in [0.29, 0.717) is 10.7 Å². The lowest BCUT2D eigenvalue weighted by molar-refractivity contribution is 0.556. The van der Waals surface area contributed by atoms with Crippen LogP contribution >= 0.6 is 27.5 Å². The maximum atomic E-state index is 6.19. The highest BCUT2D eigenvalue weighted by Gasteiger charge is 2.27. The first-order valence-electron chi connectivity index (χ1n) is 5.51. The summed E-state index contributed by atoms with van der Waals surface area (Å²) in [6.45, 7) is 0. The van der Waals surface area contributed by atoms with Gasteiger partial charge in [-0.2, -0.15) is 5.10 Å². The molecule has 1 aliphatic rings. The summed E-state index contributed by atoms with van der Waals surface area (Å²) < 4.78 is 1.92. The number of nitrogens with zero attached hydrogens (tertiary/aromatic N) is 2. The van der Waals surface area contributed by atoms with Crippen molar-refractivity contribution in [2.45, 2.75) is 42.8 Å². The Morgan fingerprint density at radius 2 is 2.13 bits per heavy atom. The minimum atomic E-state index is 0.521. The third-order valence-corrected chi connectivity index (χ3v) is 4.61. The Hall–Kier alpha value is -0.0200. The topological polar surface area (TPSA) is 17.8 Å². The normalized spacial score (nSPS) is 27.7. The van der Waals surface area contributed by atoms with Crippen LogP contribution < -0.4 is 0 Å². The van der Waals surface area contributed by atoms with Gasteiger partial charge in [-0.3, -0.25) is 4.68 Å². The molecule has 1 fully saturated rings. The second-order valence-electron chi connectivity index (χ2n) is 4.26. The van der Waals surface area contributed by atoms with E-state index in [2.05, 4.69) is 21.0 Å². The van der Waals surface area contributed by atoms with E-state index >= 15 is 0 Å². The van der Waals surface area contributed by atoms with E-state index in [0.717, 1.165) is 5.02 Å². The lowest BCUT2D eigenvalue weighted by atomic mass is 9.96. The smallest absolute Gasteiger partial charge is 0.0821 e. The predicted molar refractivity (Wildman–Crippen MR) is 66.8 cm³/mol. The summed E-state index contributed by atoms with van der Waals surface area (Å²) in [6, 6.07) is 0. The summed E-state index contributed by atoms with van der Waals surface area (Å²) in [5, 5.41) is 5.03. The zero-order valence-electron chi connectivity index (χ0n) is 8.92. The van der Waals surface area contributed by atoms with Gasteiger partial charge in [-0.1, -0.05) is 46.8 Å². The SMILES string of the molecule is Cn1ncc(Cl)c1C1CCCCCC1Br. The zero-order chi connectivity index (χ0) is 10.8. The molecule has 1 aromatic rings. The molecule has 4 heteroatoms. The van der Waals surface area contributed by atoms with Crippen LogP contribution in [0.15, 0.2) is 6.20 Å². The van der Waals surface area contributed by atoms with E-state index in [1.54, 1.807) is 6.20 Å². The van der Waals surface area contributed by atoms with Gasteiger partial charge < -0.3 is 0 Å². The molecule has 0 N–H and O–H groups in total. The maximum absolute atomic E-state index is 6.19. The number of alkyl halides is 1. The molecule has 0 aliphatic heterocycles. The first-order chi connectivity index (χ1) is 7.20. The number of aryl methyl sites for hydroxylation is 1. The summed E-state index contributed by atoms with van der Waals surface area (Å²) >= 11 is 9.99. The highest BCUT2D eigenvalue weighted by atomic mass is 79.9. The van der Waals surface area contributed by atoms with E-state index in [1.807, 2.05) is 11.7 Å². The molecule has 15 heavy (non-hydrogen) atoms. The molecule has 0 spiro atoms. The monoisotopic (exact) mass is 290 g/mol. The second-order valence-corrected chi connectivity index (χ2v) is 5.85. The van der Waals surface area contributed by atoms with Gasteiger partial charge in [-0.05, 0) is 12.8 Å². The first kappa shape index (κ1) is 11.5. The molecule has 2 unspecified atom stereocenters. The molecular formula is C11H16BrClN2. The lowest BCUT2D eigenvalue weighted by Crippen LogP contribution is -2.15. The van der Waals surface area contributed by atoms with Crippen molar-refractivity contribution < 1.29 is 0 Å². The minimum Gasteiger partial charge on any atom is -0.271 e. The number of hydrogen-bond acceptors (Lipinski definition) is 1. The number of aromatic nitrogens is 2. The Bertz CT molecular complexity index is 318. The van der Waals surface area contributed by atoms with Crippen LogP contribution in [0.4, 0.5) is 0 Å². The van der Waals surface area contributed by atoms with Crippen molar-refractivity contribution in [2.75, 3.05) is 0 Å². The van der Waals surface area contributed by atoms with Crippen LogP contribution in [0.5, 0.6) is 0 Å². The van der Waals surface area contributed by atoms with E-state index in [1.165, 1.54) is 37.8 Å². The number of hydrogen-bond donors (Lipinski definition) is 0. The van der Waals surface area contributed by atoms with Crippen LogP contribution in [-0.4, -0.2) is 14.6 Å². The van der Waals surface area contributed by atoms with Crippen molar-refractivity contribution in [2.24, 2.45) is 7.05 Å². The number of rotatable bonds is 1. The van der Waals surface area contributed by atoms with Crippen molar-refractivity contribution in [3.63, 3.8) is 0 Å². The molecule has 0 amide bonds. The minimum absolute atomic E-state index is 0.521. The zero-order valence-corrected chi connectivity index (χ0v) is 11.3. The predicted octanol–water partition coefficient (Wildman–Crippen LogP) is 3.88. The van der Waals surface area contributed by atoms with Gasteiger partial charge in [0.05, 0.1) is 16.9 Å². The fraction of sp³-hybridized carbons (Fsp3) is 0.727. The molecule has 2 atom stereocenters. The average molecular weight is 292 g/mol. The summed E-state index contributed by atoms with van der Waals surface area (Å²) in [6.07, 6.45) is 8.17. The Morgan fingerprint density at radius 3 is 2.80 bits per heavy atom. The molecular weight excluding hydrogens is 275 g/mol. The molecule has 2 rings (SSSR count). The molecule has 0 bridgehead atoms. The van der Waals surface area contributed by atoms with Crippen molar-refractivity contribution in [3.05, 3.63) is 16.9 Å². The molecule has 1 heterocycles. The third-order valence-electron chi connectivity index (χ3n) is 3.22. The summed E-state index contributed by atoms with van der Waals surface area (Å²) in [5.41, 5.74) is 1.19. The average Bonchev–Trinajstić information content (AvgIpc) is 2.42. The van der Waals surface area contributed by atoms with Gasteiger partial charge in [-0.25, -0.2) is 0 Å². The van der Waals surface area contributed by atoms with Crippen LogP contribution in [0.3, 0.4) is 0 Å². The van der Waals surface area contributed by atoms with Gasteiger partial charge in [-0.15, -0.1) is 0 Å². The molecule has 0 aromatic carbocycles. The second kappa shape index (κ2) is 4.88.